The number of carbonyl (C=O) groups is 1. The molecule has 1 spiro atoms. The van der Waals surface area contributed by atoms with Crippen LogP contribution in [0.4, 0.5) is 9.18 Å². The number of carbonyl (C=O) groups excluding carboxylic acids is 1. The van der Waals surface area contributed by atoms with Crippen LogP contribution >= 0.6 is 0 Å². The van der Waals surface area contributed by atoms with Gasteiger partial charge >= 0.3 is 6.09 Å². The highest BCUT2D eigenvalue weighted by Crippen LogP contribution is 2.46. The van der Waals surface area contributed by atoms with E-state index in [0.29, 0.717) is 12.6 Å². The zero-order valence-corrected chi connectivity index (χ0v) is 18.4. The number of hydrogen-bond donors (Lipinski definition) is 1. The third-order valence-electron chi connectivity index (χ3n) is 8.08. The van der Waals surface area contributed by atoms with Gasteiger partial charge in [0.2, 0.25) is 0 Å². The van der Waals surface area contributed by atoms with Crippen LogP contribution in [0.5, 0.6) is 5.75 Å². The minimum atomic E-state index is -0.225. The highest BCUT2D eigenvalue weighted by molar-refractivity contribution is 5.67. The lowest BCUT2D eigenvalue weighted by molar-refractivity contribution is 0.0824. The van der Waals surface area contributed by atoms with Gasteiger partial charge in [0.05, 0.1) is 6.61 Å². The Morgan fingerprint density at radius 1 is 1.10 bits per heavy atom. The number of alkyl carbamates (subject to hydrolysis) is 1. The predicted octanol–water partition coefficient (Wildman–Crippen LogP) is 4.92. The lowest BCUT2D eigenvalue weighted by Crippen LogP contribution is -2.49. The van der Waals surface area contributed by atoms with Gasteiger partial charge < -0.3 is 19.7 Å². The summed E-state index contributed by atoms with van der Waals surface area (Å²) in [5.41, 5.74) is 1.02. The third-order valence-corrected chi connectivity index (χ3v) is 8.08. The number of rotatable bonds is 3. The molecule has 2 heterocycles. The third kappa shape index (κ3) is 4.55. The van der Waals surface area contributed by atoms with Gasteiger partial charge in [-0.1, -0.05) is 12.8 Å². The van der Waals surface area contributed by atoms with Crippen LogP contribution in [0.2, 0.25) is 0 Å². The molecule has 2 unspecified atom stereocenters. The first-order valence-electron chi connectivity index (χ1n) is 12.3. The minimum absolute atomic E-state index is 0.0403. The van der Waals surface area contributed by atoms with E-state index in [0.717, 1.165) is 69.3 Å². The maximum absolute atomic E-state index is 13.9. The number of amides is 1. The summed E-state index contributed by atoms with van der Waals surface area (Å²) in [5.74, 6) is 0.683. The molecular formula is C25H35FN2O3. The van der Waals surface area contributed by atoms with Crippen molar-refractivity contribution in [2.45, 2.75) is 94.2 Å². The maximum atomic E-state index is 13.9. The Hall–Kier alpha value is -1.82. The van der Waals surface area contributed by atoms with Gasteiger partial charge in [-0.05, 0) is 89.1 Å². The van der Waals surface area contributed by atoms with E-state index in [4.69, 9.17) is 9.47 Å². The monoisotopic (exact) mass is 430 g/mol. The molecule has 1 saturated heterocycles. The van der Waals surface area contributed by atoms with Crippen molar-refractivity contribution in [1.82, 2.24) is 10.2 Å². The van der Waals surface area contributed by atoms with E-state index >= 15 is 0 Å². The Labute approximate surface area is 184 Å². The van der Waals surface area contributed by atoms with Crippen LogP contribution < -0.4 is 10.1 Å². The second-order valence-corrected chi connectivity index (χ2v) is 10.1. The molecule has 3 fully saturated rings. The van der Waals surface area contributed by atoms with Crippen molar-refractivity contribution in [1.29, 1.82) is 0 Å². The molecule has 2 aliphatic carbocycles. The van der Waals surface area contributed by atoms with Gasteiger partial charge in [0.1, 0.15) is 17.7 Å². The molecule has 5 nitrogen and oxygen atoms in total. The number of nitrogens with one attached hydrogen (secondary N) is 1. The summed E-state index contributed by atoms with van der Waals surface area (Å²) in [6.45, 7) is 2.67. The van der Waals surface area contributed by atoms with Gasteiger partial charge in [-0.15, -0.1) is 0 Å². The molecule has 0 radical (unpaired) electrons. The largest absolute Gasteiger partial charge is 0.492 e. The van der Waals surface area contributed by atoms with Crippen LogP contribution in [-0.2, 0) is 10.2 Å². The van der Waals surface area contributed by atoms with Crippen molar-refractivity contribution in [2.75, 3.05) is 19.7 Å². The topological polar surface area (TPSA) is 50.8 Å². The van der Waals surface area contributed by atoms with Crippen LogP contribution in [0.15, 0.2) is 18.2 Å². The number of fused-ring (bicyclic) bond motifs is 2. The summed E-state index contributed by atoms with van der Waals surface area (Å²) >= 11 is 0. The molecule has 1 aromatic carbocycles. The van der Waals surface area contributed by atoms with E-state index in [1.54, 1.807) is 12.1 Å². The summed E-state index contributed by atoms with van der Waals surface area (Å²) in [6, 6.07) is 5.63. The quantitative estimate of drug-likeness (QED) is 0.692. The molecule has 2 aliphatic heterocycles. The van der Waals surface area contributed by atoms with Crippen molar-refractivity contribution in [3.05, 3.63) is 29.6 Å². The zero-order chi connectivity index (χ0) is 21.3. The van der Waals surface area contributed by atoms with Gasteiger partial charge in [0.15, 0.2) is 0 Å². The fourth-order valence-electron chi connectivity index (χ4n) is 6.22. The summed E-state index contributed by atoms with van der Waals surface area (Å²) in [5, 5.41) is 3.17. The lowest BCUT2D eigenvalue weighted by Gasteiger charge is -2.42. The number of ether oxygens (including phenoxy) is 2. The van der Waals surface area contributed by atoms with E-state index < -0.39 is 0 Å². The first kappa shape index (κ1) is 21.0. The van der Waals surface area contributed by atoms with Gasteiger partial charge in [0.25, 0.3) is 0 Å². The number of hydrogen-bond acceptors (Lipinski definition) is 4. The molecular weight excluding hydrogens is 395 g/mol. The number of likely N-dealkylation sites (tertiary alicyclic amines) is 1. The van der Waals surface area contributed by atoms with Crippen molar-refractivity contribution >= 4 is 6.09 Å². The SMILES string of the molecule is O=C(NC1CCCCC(N2CCC3(CC2)COc2ccc(F)cc23)C1)OC1CCCC1. The van der Waals surface area contributed by atoms with Gasteiger partial charge in [-0.3, -0.25) is 0 Å². The minimum Gasteiger partial charge on any atom is -0.492 e. The molecule has 1 N–H and O–H groups in total. The van der Waals surface area contributed by atoms with E-state index in [2.05, 4.69) is 10.2 Å². The summed E-state index contributed by atoms with van der Waals surface area (Å²) < 4.78 is 25.4. The molecule has 170 valence electrons. The van der Waals surface area contributed by atoms with Crippen LogP contribution in [0, 0.1) is 5.82 Å². The molecule has 6 heteroatoms. The first-order valence-corrected chi connectivity index (χ1v) is 12.3. The van der Waals surface area contributed by atoms with Crippen molar-refractivity contribution in [2.24, 2.45) is 0 Å². The molecule has 1 aromatic rings. The Kier molecular flexibility index (Phi) is 6.09. The van der Waals surface area contributed by atoms with Crippen LogP contribution in [0.1, 0.15) is 76.2 Å². The number of halogens is 1. The zero-order valence-electron chi connectivity index (χ0n) is 18.4. The fraction of sp³-hybridized carbons (Fsp3) is 0.720. The van der Waals surface area contributed by atoms with Crippen molar-refractivity contribution in [3.63, 3.8) is 0 Å². The summed E-state index contributed by atoms with van der Waals surface area (Å²) in [6.07, 6.45) is 11.8. The van der Waals surface area contributed by atoms with Crippen LogP contribution in [0.3, 0.4) is 0 Å². The van der Waals surface area contributed by atoms with Gasteiger partial charge in [-0.25, -0.2) is 9.18 Å². The normalized spacial score (nSPS) is 28.7. The molecule has 1 amide bonds. The summed E-state index contributed by atoms with van der Waals surface area (Å²) in [7, 11) is 0. The Morgan fingerprint density at radius 2 is 1.84 bits per heavy atom. The van der Waals surface area contributed by atoms with Gasteiger partial charge in [-0.2, -0.15) is 0 Å². The molecule has 31 heavy (non-hydrogen) atoms. The standard InChI is InChI=1S/C25H35FN2O3/c26-18-9-10-23-22(15-18)25(17-30-23)11-13-28(14-12-25)20-6-2-1-5-19(16-20)27-24(29)31-21-7-3-4-8-21/h9-10,15,19-21H,1-8,11-14,16-17H2,(H,27,29). The average molecular weight is 431 g/mol. The van der Waals surface area contributed by atoms with Crippen molar-refractivity contribution < 1.29 is 18.7 Å². The van der Waals surface area contributed by atoms with Crippen LogP contribution in [-0.4, -0.2) is 48.9 Å². The maximum Gasteiger partial charge on any atom is 0.407 e. The number of benzene rings is 1. The van der Waals surface area contributed by atoms with Gasteiger partial charge in [0, 0.05) is 23.1 Å². The highest BCUT2D eigenvalue weighted by Gasteiger charge is 2.44. The molecule has 5 rings (SSSR count). The highest BCUT2D eigenvalue weighted by atomic mass is 19.1. The molecule has 0 bridgehead atoms. The first-order chi connectivity index (χ1) is 15.1. The summed E-state index contributed by atoms with van der Waals surface area (Å²) in [4.78, 5) is 15.0. The van der Waals surface area contributed by atoms with Crippen molar-refractivity contribution in [3.8, 4) is 5.75 Å². The Morgan fingerprint density at radius 3 is 2.65 bits per heavy atom. The Balaban J connectivity index is 1.17. The lowest BCUT2D eigenvalue weighted by atomic mass is 9.74. The Bertz CT molecular complexity index is 787. The number of piperidine rings is 1. The predicted molar refractivity (Wildman–Crippen MR) is 117 cm³/mol. The molecule has 0 aromatic heterocycles. The number of nitrogens with zero attached hydrogens (tertiary/aromatic N) is 1. The molecule has 2 saturated carbocycles. The average Bonchev–Trinajstić information content (AvgIpc) is 3.32. The van der Waals surface area contributed by atoms with Crippen LogP contribution in [0.25, 0.3) is 0 Å². The van der Waals surface area contributed by atoms with E-state index in [1.165, 1.54) is 31.7 Å². The second kappa shape index (κ2) is 8.97. The van der Waals surface area contributed by atoms with E-state index in [1.807, 2.05) is 0 Å². The van der Waals surface area contributed by atoms with E-state index in [-0.39, 0.29) is 29.5 Å². The smallest absolute Gasteiger partial charge is 0.407 e. The molecule has 4 aliphatic rings. The molecule has 2 atom stereocenters. The second-order valence-electron chi connectivity index (χ2n) is 10.1. The van der Waals surface area contributed by atoms with E-state index in [9.17, 15) is 9.18 Å². The fourth-order valence-corrected chi connectivity index (χ4v) is 6.22.